The molecule has 8 heteroatoms. The van der Waals surface area contributed by atoms with E-state index >= 15 is 0 Å². The summed E-state index contributed by atoms with van der Waals surface area (Å²) < 4.78 is 21.1. The third-order valence-corrected chi connectivity index (χ3v) is 6.20. The van der Waals surface area contributed by atoms with E-state index in [1.54, 1.807) is 12.1 Å². The van der Waals surface area contributed by atoms with E-state index in [2.05, 4.69) is 22.4 Å². The van der Waals surface area contributed by atoms with Crippen molar-refractivity contribution in [2.24, 2.45) is 0 Å². The van der Waals surface area contributed by atoms with Crippen LogP contribution in [0.1, 0.15) is 25.3 Å². The summed E-state index contributed by atoms with van der Waals surface area (Å²) in [7, 11) is 0. The van der Waals surface area contributed by atoms with Gasteiger partial charge in [-0.3, -0.25) is 9.36 Å². The minimum Gasteiger partial charge on any atom is -0.376 e. The number of ether oxygens (including phenoxy) is 1. The van der Waals surface area contributed by atoms with Crippen molar-refractivity contribution in [2.45, 2.75) is 44.0 Å². The molecule has 1 aliphatic rings. The Bertz CT molecular complexity index is 1030. The van der Waals surface area contributed by atoms with Gasteiger partial charge >= 0.3 is 0 Å². The first kappa shape index (κ1) is 21.5. The molecular weight excluding hydrogens is 415 g/mol. The lowest BCUT2D eigenvalue weighted by atomic mass is 10.1. The molecule has 1 fully saturated rings. The first-order valence-electron chi connectivity index (χ1n) is 10.5. The van der Waals surface area contributed by atoms with Crippen molar-refractivity contribution in [1.29, 1.82) is 0 Å². The average molecular weight is 441 g/mol. The molecular formula is C23H25FN4O2S. The molecule has 4 rings (SSSR count). The Balaban J connectivity index is 1.50. The van der Waals surface area contributed by atoms with Gasteiger partial charge in [-0.1, -0.05) is 36.9 Å². The fourth-order valence-corrected chi connectivity index (χ4v) is 4.38. The quantitative estimate of drug-likeness (QED) is 0.520. The summed E-state index contributed by atoms with van der Waals surface area (Å²) in [5, 5.41) is 12.3. The molecule has 31 heavy (non-hydrogen) atoms. The van der Waals surface area contributed by atoms with Gasteiger partial charge in [0.05, 0.1) is 18.4 Å². The molecule has 1 atom stereocenters. The van der Waals surface area contributed by atoms with Crippen LogP contribution in [0.3, 0.4) is 0 Å². The predicted molar refractivity (Wildman–Crippen MR) is 120 cm³/mol. The van der Waals surface area contributed by atoms with Crippen molar-refractivity contribution in [2.75, 3.05) is 17.7 Å². The molecule has 6 nitrogen and oxygen atoms in total. The van der Waals surface area contributed by atoms with E-state index in [-0.39, 0.29) is 23.6 Å². The van der Waals surface area contributed by atoms with Crippen molar-refractivity contribution < 1.29 is 13.9 Å². The van der Waals surface area contributed by atoms with Crippen LogP contribution in [0.5, 0.6) is 0 Å². The van der Waals surface area contributed by atoms with Crippen LogP contribution in [0, 0.1) is 5.82 Å². The highest BCUT2D eigenvalue weighted by molar-refractivity contribution is 7.99. The molecule has 2 heterocycles. The fraction of sp³-hybridized carbons (Fsp3) is 0.348. The maximum absolute atomic E-state index is 13.4. The van der Waals surface area contributed by atoms with E-state index in [0.29, 0.717) is 17.5 Å². The summed E-state index contributed by atoms with van der Waals surface area (Å²) >= 11 is 1.34. The number of anilines is 1. The molecule has 1 amide bonds. The zero-order valence-electron chi connectivity index (χ0n) is 17.4. The number of hydrogen-bond acceptors (Lipinski definition) is 5. The van der Waals surface area contributed by atoms with Crippen molar-refractivity contribution in [3.63, 3.8) is 0 Å². The van der Waals surface area contributed by atoms with Crippen molar-refractivity contribution in [3.8, 4) is 11.4 Å². The largest absolute Gasteiger partial charge is 0.376 e. The Hall–Kier alpha value is -2.71. The van der Waals surface area contributed by atoms with Gasteiger partial charge in [0.2, 0.25) is 5.91 Å². The number of amides is 1. The first-order valence-corrected chi connectivity index (χ1v) is 11.4. The highest BCUT2D eigenvalue weighted by Gasteiger charge is 2.22. The monoisotopic (exact) mass is 440 g/mol. The number of thioether (sulfide) groups is 1. The Morgan fingerprint density at radius 2 is 2.03 bits per heavy atom. The molecule has 0 spiro atoms. The van der Waals surface area contributed by atoms with E-state index in [1.807, 2.05) is 28.8 Å². The molecule has 162 valence electrons. The standard InChI is InChI=1S/C23H25FN4O2S/c1-2-16-6-3-4-8-20(16)25-21(29)15-31-23-27-26-22(17-9-11-18(24)12-10-17)28(23)14-19-7-5-13-30-19/h3-4,6,8-12,19H,2,5,7,13-15H2,1H3,(H,25,29). The van der Waals surface area contributed by atoms with E-state index in [9.17, 15) is 9.18 Å². The zero-order valence-corrected chi connectivity index (χ0v) is 18.2. The molecule has 1 N–H and O–H groups in total. The molecule has 1 saturated heterocycles. The molecule has 0 aliphatic carbocycles. The second-order valence-electron chi connectivity index (χ2n) is 7.41. The Morgan fingerprint density at radius 1 is 1.23 bits per heavy atom. The molecule has 0 saturated carbocycles. The number of halogens is 1. The molecule has 1 unspecified atom stereocenters. The van der Waals surface area contributed by atoms with Crippen molar-refractivity contribution in [1.82, 2.24) is 14.8 Å². The van der Waals surface area contributed by atoms with Gasteiger partial charge in [0.15, 0.2) is 11.0 Å². The summed E-state index contributed by atoms with van der Waals surface area (Å²) in [6.07, 6.45) is 2.93. The van der Waals surface area contributed by atoms with Crippen molar-refractivity contribution >= 4 is 23.4 Å². The lowest BCUT2D eigenvalue weighted by molar-refractivity contribution is -0.113. The van der Waals surface area contributed by atoms with Gasteiger partial charge in [-0.2, -0.15) is 0 Å². The summed E-state index contributed by atoms with van der Waals surface area (Å²) in [5.41, 5.74) is 2.71. The van der Waals surface area contributed by atoms with E-state index < -0.39 is 0 Å². The van der Waals surface area contributed by atoms with Gasteiger partial charge in [0.25, 0.3) is 0 Å². The molecule has 2 aromatic carbocycles. The Labute approximate surface area is 185 Å². The summed E-state index contributed by atoms with van der Waals surface area (Å²) in [6.45, 7) is 3.41. The number of para-hydroxylation sites is 1. The predicted octanol–water partition coefficient (Wildman–Crippen LogP) is 4.56. The minimum absolute atomic E-state index is 0.0832. The number of aromatic nitrogens is 3. The smallest absolute Gasteiger partial charge is 0.234 e. The second-order valence-corrected chi connectivity index (χ2v) is 8.35. The third kappa shape index (κ3) is 5.32. The van der Waals surface area contributed by atoms with Gasteiger partial charge in [0.1, 0.15) is 5.82 Å². The number of benzene rings is 2. The first-order chi connectivity index (χ1) is 15.1. The highest BCUT2D eigenvalue weighted by atomic mass is 32.2. The maximum Gasteiger partial charge on any atom is 0.234 e. The number of rotatable bonds is 8. The summed E-state index contributed by atoms with van der Waals surface area (Å²) in [5.74, 6) is 0.466. The van der Waals surface area contributed by atoms with Gasteiger partial charge in [0, 0.05) is 17.9 Å². The molecule has 3 aromatic rings. The lowest BCUT2D eigenvalue weighted by Crippen LogP contribution is -2.18. The normalized spacial score (nSPS) is 15.9. The zero-order chi connectivity index (χ0) is 21.6. The van der Waals surface area contributed by atoms with Crippen LogP contribution in [0.2, 0.25) is 0 Å². The van der Waals surface area contributed by atoms with Crippen LogP contribution in [0.4, 0.5) is 10.1 Å². The lowest BCUT2D eigenvalue weighted by Gasteiger charge is -2.15. The minimum atomic E-state index is -0.299. The van der Waals surface area contributed by atoms with E-state index in [1.165, 1.54) is 23.9 Å². The second kappa shape index (κ2) is 10.1. The fourth-order valence-electron chi connectivity index (χ4n) is 3.63. The number of nitrogens with zero attached hydrogens (tertiary/aromatic N) is 3. The van der Waals surface area contributed by atoms with Crippen LogP contribution < -0.4 is 5.32 Å². The average Bonchev–Trinajstić information content (AvgIpc) is 3.44. The molecule has 0 radical (unpaired) electrons. The number of aryl methyl sites for hydroxylation is 1. The summed E-state index contributed by atoms with van der Waals surface area (Å²) in [6, 6.07) is 14.0. The Morgan fingerprint density at radius 3 is 2.77 bits per heavy atom. The van der Waals surface area contributed by atoms with Crippen LogP contribution >= 0.6 is 11.8 Å². The molecule has 1 aromatic heterocycles. The van der Waals surface area contributed by atoms with Crippen LogP contribution in [0.25, 0.3) is 11.4 Å². The van der Waals surface area contributed by atoms with Crippen LogP contribution in [-0.4, -0.2) is 39.1 Å². The summed E-state index contributed by atoms with van der Waals surface area (Å²) in [4.78, 5) is 12.6. The van der Waals surface area contributed by atoms with Crippen molar-refractivity contribution in [3.05, 3.63) is 59.9 Å². The van der Waals surface area contributed by atoms with E-state index in [0.717, 1.165) is 42.7 Å². The number of nitrogens with one attached hydrogen (secondary N) is 1. The molecule has 0 bridgehead atoms. The van der Waals surface area contributed by atoms with Gasteiger partial charge < -0.3 is 10.1 Å². The SMILES string of the molecule is CCc1ccccc1NC(=O)CSc1nnc(-c2ccc(F)cc2)n1CC1CCCO1. The van der Waals surface area contributed by atoms with Gasteiger partial charge in [-0.25, -0.2) is 4.39 Å². The van der Waals surface area contributed by atoms with Gasteiger partial charge in [-0.15, -0.1) is 10.2 Å². The van der Waals surface area contributed by atoms with Crippen LogP contribution in [-0.2, 0) is 22.5 Å². The third-order valence-electron chi connectivity index (χ3n) is 5.23. The van der Waals surface area contributed by atoms with E-state index in [4.69, 9.17) is 4.74 Å². The number of hydrogen-bond donors (Lipinski definition) is 1. The maximum atomic E-state index is 13.4. The van der Waals surface area contributed by atoms with Crippen LogP contribution in [0.15, 0.2) is 53.7 Å². The molecule has 1 aliphatic heterocycles. The number of carbonyl (C=O) groups is 1. The highest BCUT2D eigenvalue weighted by Crippen LogP contribution is 2.27. The topological polar surface area (TPSA) is 69.0 Å². The van der Waals surface area contributed by atoms with Gasteiger partial charge in [-0.05, 0) is 55.2 Å². The Kier molecular flexibility index (Phi) is 6.99. The number of carbonyl (C=O) groups excluding carboxylic acids is 1.